The van der Waals surface area contributed by atoms with Gasteiger partial charge in [0.2, 0.25) is 9.84 Å². The molecule has 1 heterocycles. The van der Waals surface area contributed by atoms with Crippen LogP contribution >= 0.6 is 0 Å². The molecule has 0 aliphatic carbocycles. The molecule has 6 nitrogen and oxygen atoms in total. The largest absolute Gasteiger partial charge is 0.374 e. The van der Waals surface area contributed by atoms with E-state index in [4.69, 9.17) is 18.9 Å². The number of sulfone groups is 1. The van der Waals surface area contributed by atoms with Crippen molar-refractivity contribution < 1.29 is 27.4 Å². The molecule has 0 saturated heterocycles. The summed E-state index contributed by atoms with van der Waals surface area (Å²) in [7, 11) is -2.39. The minimum Gasteiger partial charge on any atom is -0.374 e. The molecule has 7 heteroatoms. The fourth-order valence-electron chi connectivity index (χ4n) is 3.86. The second-order valence-electron chi connectivity index (χ2n) is 8.38. The first kappa shape index (κ1) is 25.3. The molecule has 3 atom stereocenters. The Hall–Kier alpha value is -2.81. The fraction of sp³-hybridized carbons (Fsp3) is 0.286. The molecule has 4 rings (SSSR count). The molecule has 3 aromatic rings. The zero-order valence-electron chi connectivity index (χ0n) is 19.9. The summed E-state index contributed by atoms with van der Waals surface area (Å²) in [6.45, 7) is 2.64. The summed E-state index contributed by atoms with van der Waals surface area (Å²) < 4.78 is 51.0. The lowest BCUT2D eigenvalue weighted by atomic mass is 10.1. The standard InChI is InChI=1S/C28H30O6S/c1-21-13-15-24(16-14-21)35(29,30)26-17-27(31-2)34-25(20-32-18-22-9-5-3-6-10-22)28(26)33-19-23-11-7-4-8-12-23/h3-17,25,27-28H,18-20H2,1-2H3/t25-,27+,28-/m1/s1. The Balaban J connectivity index is 1.62. The van der Waals surface area contributed by atoms with E-state index in [9.17, 15) is 8.42 Å². The molecule has 0 spiro atoms. The highest BCUT2D eigenvalue weighted by molar-refractivity contribution is 7.95. The van der Waals surface area contributed by atoms with Crippen LogP contribution in [0.5, 0.6) is 0 Å². The van der Waals surface area contributed by atoms with E-state index in [0.717, 1.165) is 16.7 Å². The van der Waals surface area contributed by atoms with Crippen LogP contribution in [0.1, 0.15) is 16.7 Å². The number of ether oxygens (including phenoxy) is 4. The third-order valence-electron chi connectivity index (χ3n) is 5.77. The van der Waals surface area contributed by atoms with Crippen molar-refractivity contribution in [1.82, 2.24) is 0 Å². The van der Waals surface area contributed by atoms with Crippen molar-refractivity contribution >= 4 is 9.84 Å². The molecule has 0 N–H and O–H groups in total. The van der Waals surface area contributed by atoms with Crippen LogP contribution in [0.3, 0.4) is 0 Å². The lowest BCUT2D eigenvalue weighted by Crippen LogP contribution is -2.45. The van der Waals surface area contributed by atoms with Gasteiger partial charge >= 0.3 is 0 Å². The first-order valence-corrected chi connectivity index (χ1v) is 12.9. The molecule has 0 unspecified atom stereocenters. The van der Waals surface area contributed by atoms with Crippen molar-refractivity contribution in [2.75, 3.05) is 13.7 Å². The molecular weight excluding hydrogens is 464 g/mol. The Morgan fingerprint density at radius 3 is 2.03 bits per heavy atom. The van der Waals surface area contributed by atoms with Gasteiger partial charge < -0.3 is 18.9 Å². The van der Waals surface area contributed by atoms with Gasteiger partial charge in [0.15, 0.2) is 6.29 Å². The van der Waals surface area contributed by atoms with Crippen LogP contribution in [0.4, 0.5) is 0 Å². The highest BCUT2D eigenvalue weighted by atomic mass is 32.2. The van der Waals surface area contributed by atoms with Gasteiger partial charge in [0.05, 0.1) is 29.6 Å². The molecule has 0 saturated carbocycles. The maximum absolute atomic E-state index is 13.7. The van der Waals surface area contributed by atoms with Crippen LogP contribution in [0, 0.1) is 6.92 Å². The van der Waals surface area contributed by atoms with Crippen molar-refractivity contribution in [2.24, 2.45) is 0 Å². The zero-order chi connectivity index (χ0) is 24.7. The molecule has 0 bridgehead atoms. The van der Waals surface area contributed by atoms with E-state index in [1.807, 2.05) is 67.6 Å². The van der Waals surface area contributed by atoms with E-state index >= 15 is 0 Å². The van der Waals surface area contributed by atoms with Crippen LogP contribution in [-0.2, 0) is 42.0 Å². The summed E-state index contributed by atoms with van der Waals surface area (Å²) in [5.74, 6) is 0. The van der Waals surface area contributed by atoms with E-state index in [-0.39, 0.29) is 23.0 Å². The molecule has 1 aliphatic heterocycles. The summed E-state index contributed by atoms with van der Waals surface area (Å²) in [5, 5.41) is 0. The van der Waals surface area contributed by atoms with Gasteiger partial charge in [0, 0.05) is 7.11 Å². The highest BCUT2D eigenvalue weighted by Crippen LogP contribution is 2.32. The lowest BCUT2D eigenvalue weighted by Gasteiger charge is -2.35. The third-order valence-corrected chi connectivity index (χ3v) is 7.65. The Bertz CT molecular complexity index is 1210. The van der Waals surface area contributed by atoms with Crippen molar-refractivity contribution in [3.8, 4) is 0 Å². The Morgan fingerprint density at radius 2 is 1.43 bits per heavy atom. The summed E-state index contributed by atoms with van der Waals surface area (Å²) >= 11 is 0. The summed E-state index contributed by atoms with van der Waals surface area (Å²) in [5.41, 5.74) is 2.91. The van der Waals surface area contributed by atoms with Crippen molar-refractivity contribution in [1.29, 1.82) is 0 Å². The van der Waals surface area contributed by atoms with Crippen LogP contribution in [-0.4, -0.2) is 40.6 Å². The van der Waals surface area contributed by atoms with E-state index in [2.05, 4.69) is 0 Å². The van der Waals surface area contributed by atoms with Crippen LogP contribution in [0.2, 0.25) is 0 Å². The van der Waals surface area contributed by atoms with E-state index in [1.54, 1.807) is 24.3 Å². The number of methoxy groups -OCH3 is 1. The van der Waals surface area contributed by atoms with Crippen molar-refractivity contribution in [3.05, 3.63) is 113 Å². The first-order valence-electron chi connectivity index (χ1n) is 11.5. The Kier molecular flexibility index (Phi) is 8.49. The van der Waals surface area contributed by atoms with Gasteiger partial charge in [-0.1, -0.05) is 78.4 Å². The van der Waals surface area contributed by atoms with Gasteiger partial charge in [0.25, 0.3) is 0 Å². The smallest absolute Gasteiger partial charge is 0.205 e. The monoisotopic (exact) mass is 494 g/mol. The van der Waals surface area contributed by atoms with E-state index in [0.29, 0.717) is 6.61 Å². The Labute approximate surface area is 207 Å². The average Bonchev–Trinajstić information content (AvgIpc) is 2.89. The summed E-state index contributed by atoms with van der Waals surface area (Å²) in [4.78, 5) is 0.312. The molecule has 35 heavy (non-hydrogen) atoms. The number of benzene rings is 3. The van der Waals surface area contributed by atoms with E-state index < -0.39 is 28.3 Å². The molecule has 0 amide bonds. The minimum absolute atomic E-state index is 0.115. The maximum Gasteiger partial charge on any atom is 0.205 e. The molecule has 184 valence electrons. The van der Waals surface area contributed by atoms with Gasteiger partial charge in [0.1, 0.15) is 12.2 Å². The SMILES string of the molecule is CO[C@@H]1C=C(S(=O)(=O)c2ccc(C)cc2)[C@H](OCc2ccccc2)[C@@H](COCc2ccccc2)O1. The van der Waals surface area contributed by atoms with Crippen molar-refractivity contribution in [3.63, 3.8) is 0 Å². The second kappa shape index (κ2) is 11.7. The molecular formula is C28H30O6S. The second-order valence-corrected chi connectivity index (χ2v) is 10.3. The van der Waals surface area contributed by atoms with Crippen LogP contribution in [0.25, 0.3) is 0 Å². The van der Waals surface area contributed by atoms with Gasteiger partial charge in [-0.25, -0.2) is 8.42 Å². The van der Waals surface area contributed by atoms with Gasteiger partial charge in [-0.3, -0.25) is 0 Å². The predicted molar refractivity (Wildman–Crippen MR) is 133 cm³/mol. The summed E-state index contributed by atoms with van der Waals surface area (Å²) in [6, 6.07) is 26.1. The van der Waals surface area contributed by atoms with Crippen LogP contribution in [0.15, 0.2) is 101 Å². The van der Waals surface area contributed by atoms with E-state index in [1.165, 1.54) is 13.2 Å². The normalized spacial score (nSPS) is 20.4. The number of aryl methyl sites for hydroxylation is 1. The predicted octanol–water partition coefficient (Wildman–Crippen LogP) is 4.83. The lowest BCUT2D eigenvalue weighted by molar-refractivity contribution is -0.186. The van der Waals surface area contributed by atoms with Crippen molar-refractivity contribution in [2.45, 2.75) is 43.5 Å². The molecule has 1 aliphatic rings. The van der Waals surface area contributed by atoms with Gasteiger partial charge in [-0.15, -0.1) is 0 Å². The highest BCUT2D eigenvalue weighted by Gasteiger charge is 2.40. The summed E-state index contributed by atoms with van der Waals surface area (Å²) in [6.07, 6.45) is -0.915. The zero-order valence-corrected chi connectivity index (χ0v) is 20.7. The topological polar surface area (TPSA) is 71.1 Å². The molecule has 0 fully saturated rings. The molecule has 0 radical (unpaired) electrons. The maximum atomic E-state index is 13.7. The van der Waals surface area contributed by atoms with Gasteiger partial charge in [-0.2, -0.15) is 0 Å². The average molecular weight is 495 g/mol. The fourth-order valence-corrected chi connectivity index (χ4v) is 5.44. The Morgan fingerprint density at radius 1 is 0.829 bits per heavy atom. The van der Waals surface area contributed by atoms with Gasteiger partial charge in [-0.05, 0) is 36.3 Å². The quantitative estimate of drug-likeness (QED) is 0.402. The number of hydrogen-bond donors (Lipinski definition) is 0. The molecule has 3 aromatic carbocycles. The first-order chi connectivity index (χ1) is 17.0. The number of rotatable bonds is 10. The molecule has 0 aromatic heterocycles. The van der Waals surface area contributed by atoms with Crippen LogP contribution < -0.4 is 0 Å². The minimum atomic E-state index is -3.86. The third kappa shape index (κ3) is 6.45. The number of hydrogen-bond acceptors (Lipinski definition) is 6.